The summed E-state index contributed by atoms with van der Waals surface area (Å²) in [5.41, 5.74) is 3.31. The van der Waals surface area contributed by atoms with Gasteiger partial charge in [-0.05, 0) is 54.0 Å². The van der Waals surface area contributed by atoms with Gasteiger partial charge in [-0.25, -0.2) is 0 Å². The lowest BCUT2D eigenvalue weighted by Gasteiger charge is -2.29. The molecule has 0 fully saturated rings. The summed E-state index contributed by atoms with van der Waals surface area (Å²) >= 11 is 18.3. The van der Waals surface area contributed by atoms with Gasteiger partial charge in [0, 0.05) is 23.1 Å². The summed E-state index contributed by atoms with van der Waals surface area (Å²) < 4.78 is 0. The first-order chi connectivity index (χ1) is 13.5. The molecule has 0 saturated heterocycles. The van der Waals surface area contributed by atoms with E-state index in [-0.39, 0.29) is 6.04 Å². The van der Waals surface area contributed by atoms with E-state index in [1.165, 1.54) is 11.1 Å². The Morgan fingerprint density at radius 2 is 1.57 bits per heavy atom. The minimum absolute atomic E-state index is 0.0989. The molecule has 3 aromatic carbocycles. The topological polar surface area (TPSA) is 15.3 Å². The van der Waals surface area contributed by atoms with Crippen molar-refractivity contribution in [3.05, 3.63) is 106 Å². The lowest BCUT2D eigenvalue weighted by Crippen LogP contribution is -2.40. The molecular formula is C23H22Cl2N2S. The summed E-state index contributed by atoms with van der Waals surface area (Å²) in [6, 6.07) is 26.1. The molecule has 0 spiro atoms. The van der Waals surface area contributed by atoms with Crippen LogP contribution in [0.15, 0.2) is 78.9 Å². The second-order valence-corrected chi connectivity index (χ2v) is 7.89. The molecule has 3 rings (SSSR count). The second-order valence-electron chi connectivity index (χ2n) is 6.66. The Morgan fingerprint density at radius 3 is 2.25 bits per heavy atom. The van der Waals surface area contributed by atoms with E-state index in [9.17, 15) is 0 Å². The van der Waals surface area contributed by atoms with E-state index in [4.69, 9.17) is 35.4 Å². The third-order valence-corrected chi connectivity index (χ3v) is 5.49. The van der Waals surface area contributed by atoms with Crippen LogP contribution in [-0.2, 0) is 13.1 Å². The van der Waals surface area contributed by atoms with Crippen molar-refractivity contribution in [2.75, 3.05) is 0 Å². The predicted molar refractivity (Wildman–Crippen MR) is 123 cm³/mol. The predicted octanol–water partition coefficient (Wildman–Crippen LogP) is 6.63. The summed E-state index contributed by atoms with van der Waals surface area (Å²) in [5, 5.41) is 5.47. The summed E-state index contributed by atoms with van der Waals surface area (Å²) in [6.07, 6.45) is 0. The highest BCUT2D eigenvalue weighted by Crippen LogP contribution is 2.23. The third-order valence-electron chi connectivity index (χ3n) is 4.51. The molecule has 0 radical (unpaired) electrons. The smallest absolute Gasteiger partial charge is 0.170 e. The zero-order valence-corrected chi connectivity index (χ0v) is 17.9. The minimum Gasteiger partial charge on any atom is -0.356 e. The van der Waals surface area contributed by atoms with Crippen molar-refractivity contribution in [1.82, 2.24) is 10.2 Å². The maximum atomic E-state index is 6.40. The molecule has 0 heterocycles. The fourth-order valence-electron chi connectivity index (χ4n) is 2.97. The Bertz CT molecular complexity index is 916. The number of nitrogens with zero attached hydrogens (tertiary/aromatic N) is 1. The van der Waals surface area contributed by atoms with Crippen LogP contribution in [0.4, 0.5) is 0 Å². The highest BCUT2D eigenvalue weighted by atomic mass is 35.5. The van der Waals surface area contributed by atoms with E-state index >= 15 is 0 Å². The van der Waals surface area contributed by atoms with Gasteiger partial charge in [0.2, 0.25) is 0 Å². The maximum absolute atomic E-state index is 6.40. The number of nitrogens with one attached hydrogen (secondary N) is 1. The van der Waals surface area contributed by atoms with E-state index in [1.54, 1.807) is 6.07 Å². The van der Waals surface area contributed by atoms with Crippen molar-refractivity contribution in [3.63, 3.8) is 0 Å². The first-order valence-corrected chi connectivity index (χ1v) is 10.3. The van der Waals surface area contributed by atoms with Crippen LogP contribution in [0.5, 0.6) is 0 Å². The van der Waals surface area contributed by atoms with Gasteiger partial charge in [-0.1, -0.05) is 83.9 Å². The van der Waals surface area contributed by atoms with Crippen molar-refractivity contribution in [2.45, 2.75) is 26.1 Å². The molecule has 28 heavy (non-hydrogen) atoms. The van der Waals surface area contributed by atoms with Gasteiger partial charge >= 0.3 is 0 Å². The van der Waals surface area contributed by atoms with Gasteiger partial charge in [-0.3, -0.25) is 0 Å². The standard InChI is InChI=1S/C23H22Cl2N2S/c1-17(19-10-6-3-7-11-19)26-23(28)27(15-18-8-4-2-5-9-18)16-20-14-21(24)12-13-22(20)25/h2-14,17H,15-16H2,1H3,(H,26,28)/t17-/m0/s1. The maximum Gasteiger partial charge on any atom is 0.170 e. The van der Waals surface area contributed by atoms with Gasteiger partial charge in [0.1, 0.15) is 0 Å². The monoisotopic (exact) mass is 428 g/mol. The summed E-state index contributed by atoms with van der Waals surface area (Å²) in [5.74, 6) is 0. The van der Waals surface area contributed by atoms with E-state index in [1.807, 2.05) is 48.5 Å². The molecule has 2 nitrogen and oxygen atoms in total. The van der Waals surface area contributed by atoms with Gasteiger partial charge in [0.25, 0.3) is 0 Å². The van der Waals surface area contributed by atoms with Crippen molar-refractivity contribution < 1.29 is 0 Å². The Labute approximate surface area is 182 Å². The Morgan fingerprint density at radius 1 is 0.929 bits per heavy atom. The number of thiocarbonyl (C=S) groups is 1. The quantitative estimate of drug-likeness (QED) is 0.443. The number of benzene rings is 3. The average Bonchev–Trinajstić information content (AvgIpc) is 2.71. The molecule has 5 heteroatoms. The molecule has 0 aliphatic carbocycles. The number of hydrogen-bond acceptors (Lipinski definition) is 1. The average molecular weight is 429 g/mol. The zero-order valence-electron chi connectivity index (χ0n) is 15.6. The van der Waals surface area contributed by atoms with Crippen LogP contribution in [0.25, 0.3) is 0 Å². The van der Waals surface area contributed by atoms with Crippen LogP contribution in [0.3, 0.4) is 0 Å². The number of hydrogen-bond donors (Lipinski definition) is 1. The fraction of sp³-hybridized carbons (Fsp3) is 0.174. The van der Waals surface area contributed by atoms with E-state index in [0.29, 0.717) is 28.2 Å². The first kappa shape index (κ1) is 20.7. The van der Waals surface area contributed by atoms with E-state index in [2.05, 4.69) is 41.4 Å². The highest BCUT2D eigenvalue weighted by Gasteiger charge is 2.16. The molecule has 0 aliphatic rings. The zero-order chi connectivity index (χ0) is 19.9. The molecule has 0 saturated carbocycles. The van der Waals surface area contributed by atoms with Crippen molar-refractivity contribution in [2.24, 2.45) is 0 Å². The highest BCUT2D eigenvalue weighted by molar-refractivity contribution is 7.80. The molecule has 0 aliphatic heterocycles. The lowest BCUT2D eigenvalue weighted by atomic mass is 10.1. The molecule has 0 unspecified atom stereocenters. The third kappa shape index (κ3) is 5.71. The first-order valence-electron chi connectivity index (χ1n) is 9.11. The molecule has 0 bridgehead atoms. The SMILES string of the molecule is C[C@H](NC(=S)N(Cc1ccccc1)Cc1cc(Cl)ccc1Cl)c1ccccc1. The van der Waals surface area contributed by atoms with Gasteiger partial charge in [-0.2, -0.15) is 0 Å². The van der Waals surface area contributed by atoms with Gasteiger partial charge in [0.05, 0.1) is 6.04 Å². The van der Waals surface area contributed by atoms with Crippen molar-refractivity contribution in [1.29, 1.82) is 0 Å². The lowest BCUT2D eigenvalue weighted by molar-refractivity contribution is 0.393. The second kappa shape index (κ2) is 9.92. The normalized spacial score (nSPS) is 11.7. The molecular weight excluding hydrogens is 407 g/mol. The summed E-state index contributed by atoms with van der Waals surface area (Å²) in [7, 11) is 0. The Balaban J connectivity index is 1.80. The summed E-state index contributed by atoms with van der Waals surface area (Å²) in [6.45, 7) is 3.35. The Kier molecular flexibility index (Phi) is 7.32. The van der Waals surface area contributed by atoms with E-state index < -0.39 is 0 Å². The van der Waals surface area contributed by atoms with Gasteiger partial charge in [0.15, 0.2) is 5.11 Å². The van der Waals surface area contributed by atoms with Gasteiger partial charge in [-0.15, -0.1) is 0 Å². The minimum atomic E-state index is 0.0989. The van der Waals surface area contributed by atoms with Crippen LogP contribution < -0.4 is 5.32 Å². The van der Waals surface area contributed by atoms with Crippen LogP contribution in [0.1, 0.15) is 29.7 Å². The number of rotatable bonds is 6. The van der Waals surface area contributed by atoms with Crippen molar-refractivity contribution in [3.8, 4) is 0 Å². The van der Waals surface area contributed by atoms with Crippen LogP contribution in [-0.4, -0.2) is 10.0 Å². The van der Waals surface area contributed by atoms with Crippen molar-refractivity contribution >= 4 is 40.5 Å². The Hall–Kier alpha value is -2.07. The van der Waals surface area contributed by atoms with E-state index in [0.717, 1.165) is 5.56 Å². The summed E-state index contributed by atoms with van der Waals surface area (Å²) in [4.78, 5) is 2.11. The fourth-order valence-corrected chi connectivity index (χ4v) is 3.65. The molecule has 3 aromatic rings. The van der Waals surface area contributed by atoms with Crippen LogP contribution >= 0.6 is 35.4 Å². The molecule has 0 aromatic heterocycles. The van der Waals surface area contributed by atoms with Crippen LogP contribution in [0, 0.1) is 0 Å². The number of halogens is 2. The molecule has 1 N–H and O–H groups in total. The van der Waals surface area contributed by atoms with Crippen LogP contribution in [0.2, 0.25) is 10.0 Å². The largest absolute Gasteiger partial charge is 0.356 e. The molecule has 144 valence electrons. The molecule has 1 atom stereocenters. The molecule has 0 amide bonds. The van der Waals surface area contributed by atoms with Gasteiger partial charge < -0.3 is 10.2 Å².